The summed E-state index contributed by atoms with van der Waals surface area (Å²) in [6, 6.07) is -0.477. The lowest BCUT2D eigenvalue weighted by molar-refractivity contribution is -0.130. The summed E-state index contributed by atoms with van der Waals surface area (Å²) in [6.07, 6.45) is -0.574. The summed E-state index contributed by atoms with van der Waals surface area (Å²) in [4.78, 5) is 36.1. The Morgan fingerprint density at radius 2 is 2.00 bits per heavy atom. The molecule has 0 aromatic heterocycles. The van der Waals surface area contributed by atoms with Crippen LogP contribution in [0.4, 0.5) is 4.79 Å². The molecule has 0 spiro atoms. The van der Waals surface area contributed by atoms with Gasteiger partial charge in [-0.25, -0.2) is 4.79 Å². The SMILES string of the molecule is CC(C)C(O)CNC(=O)CCN1C(=O)NC(C)(C)C1=O. The lowest BCUT2D eigenvalue weighted by Crippen LogP contribution is -2.41. The monoisotopic (exact) mass is 285 g/mol. The van der Waals surface area contributed by atoms with Crippen molar-refractivity contribution in [2.75, 3.05) is 13.1 Å². The zero-order valence-corrected chi connectivity index (χ0v) is 12.4. The Morgan fingerprint density at radius 3 is 2.45 bits per heavy atom. The molecule has 1 heterocycles. The third-order valence-corrected chi connectivity index (χ3v) is 3.28. The fourth-order valence-electron chi connectivity index (χ4n) is 1.78. The van der Waals surface area contributed by atoms with Crippen LogP contribution in [0.1, 0.15) is 34.1 Å². The molecule has 4 amide bonds. The maximum atomic E-state index is 11.9. The summed E-state index contributed by atoms with van der Waals surface area (Å²) in [5.74, 6) is -0.574. The first-order valence-electron chi connectivity index (χ1n) is 6.74. The van der Waals surface area contributed by atoms with Crippen molar-refractivity contribution in [3.63, 3.8) is 0 Å². The predicted molar refractivity (Wildman–Crippen MR) is 72.8 cm³/mol. The summed E-state index contributed by atoms with van der Waals surface area (Å²) >= 11 is 0. The third kappa shape index (κ3) is 3.93. The number of carbonyl (C=O) groups excluding carboxylic acids is 3. The summed E-state index contributed by atoms with van der Waals surface area (Å²) < 4.78 is 0. The molecule has 114 valence electrons. The molecule has 1 fully saturated rings. The van der Waals surface area contributed by atoms with E-state index in [2.05, 4.69) is 10.6 Å². The number of imide groups is 1. The molecule has 3 N–H and O–H groups in total. The molecular formula is C13H23N3O4. The summed E-state index contributed by atoms with van der Waals surface area (Å²) in [6.45, 7) is 7.15. The molecule has 1 aliphatic heterocycles. The van der Waals surface area contributed by atoms with Gasteiger partial charge in [0.1, 0.15) is 5.54 Å². The lowest BCUT2D eigenvalue weighted by Gasteiger charge is -2.17. The molecule has 0 aromatic rings. The van der Waals surface area contributed by atoms with E-state index in [9.17, 15) is 19.5 Å². The number of hydrogen-bond acceptors (Lipinski definition) is 4. The molecule has 1 aliphatic rings. The second kappa shape index (κ2) is 6.21. The summed E-state index contributed by atoms with van der Waals surface area (Å²) in [5.41, 5.74) is -0.915. The maximum Gasteiger partial charge on any atom is 0.325 e. The van der Waals surface area contributed by atoms with Crippen LogP contribution in [-0.2, 0) is 9.59 Å². The second-order valence-corrected chi connectivity index (χ2v) is 5.88. The number of aliphatic hydroxyl groups excluding tert-OH is 1. The van der Waals surface area contributed by atoms with Crippen LogP contribution in [0.3, 0.4) is 0 Å². The zero-order valence-electron chi connectivity index (χ0n) is 12.4. The van der Waals surface area contributed by atoms with Gasteiger partial charge in [0.05, 0.1) is 6.10 Å². The van der Waals surface area contributed by atoms with E-state index in [4.69, 9.17) is 0 Å². The normalized spacial score (nSPS) is 19.2. The van der Waals surface area contributed by atoms with Crippen molar-refractivity contribution in [2.24, 2.45) is 5.92 Å². The van der Waals surface area contributed by atoms with Crippen LogP contribution in [0.25, 0.3) is 0 Å². The van der Waals surface area contributed by atoms with Gasteiger partial charge in [-0.2, -0.15) is 0 Å². The van der Waals surface area contributed by atoms with Crippen LogP contribution in [-0.4, -0.2) is 52.6 Å². The average molecular weight is 285 g/mol. The van der Waals surface area contributed by atoms with E-state index < -0.39 is 17.7 Å². The van der Waals surface area contributed by atoms with Crippen LogP contribution in [0, 0.1) is 5.92 Å². The van der Waals surface area contributed by atoms with Crippen molar-refractivity contribution in [1.29, 1.82) is 0 Å². The predicted octanol–water partition coefficient (Wildman–Crippen LogP) is -0.160. The van der Waals surface area contributed by atoms with Gasteiger partial charge in [0.15, 0.2) is 0 Å². The van der Waals surface area contributed by atoms with E-state index in [-0.39, 0.29) is 37.2 Å². The van der Waals surface area contributed by atoms with Crippen molar-refractivity contribution in [3.05, 3.63) is 0 Å². The van der Waals surface area contributed by atoms with Gasteiger partial charge in [0, 0.05) is 19.5 Å². The highest BCUT2D eigenvalue weighted by atomic mass is 16.3. The average Bonchev–Trinajstić information content (AvgIpc) is 2.53. The van der Waals surface area contributed by atoms with Crippen molar-refractivity contribution in [3.8, 4) is 0 Å². The minimum atomic E-state index is -0.915. The molecule has 0 bridgehead atoms. The molecule has 0 aromatic carbocycles. The molecular weight excluding hydrogens is 262 g/mol. The van der Waals surface area contributed by atoms with Crippen LogP contribution in [0.15, 0.2) is 0 Å². The smallest absolute Gasteiger partial charge is 0.325 e. The number of rotatable bonds is 6. The highest BCUT2D eigenvalue weighted by Gasteiger charge is 2.43. The number of amides is 4. The van der Waals surface area contributed by atoms with Gasteiger partial charge in [-0.15, -0.1) is 0 Å². The highest BCUT2D eigenvalue weighted by Crippen LogP contribution is 2.16. The fraction of sp³-hybridized carbons (Fsp3) is 0.769. The van der Waals surface area contributed by atoms with E-state index in [0.717, 1.165) is 4.90 Å². The van der Waals surface area contributed by atoms with Crippen LogP contribution in [0.5, 0.6) is 0 Å². The minimum absolute atomic E-state index is 0.0278. The molecule has 1 atom stereocenters. The standard InChI is InChI=1S/C13H23N3O4/c1-8(2)9(17)7-14-10(18)5-6-16-11(19)13(3,4)15-12(16)20/h8-9,17H,5-7H2,1-4H3,(H,14,18)(H,15,20). The van der Waals surface area contributed by atoms with E-state index in [0.29, 0.717) is 0 Å². The van der Waals surface area contributed by atoms with Gasteiger partial charge in [-0.1, -0.05) is 13.8 Å². The molecule has 20 heavy (non-hydrogen) atoms. The molecule has 0 radical (unpaired) electrons. The second-order valence-electron chi connectivity index (χ2n) is 5.88. The topological polar surface area (TPSA) is 98.7 Å². The Balaban J connectivity index is 2.39. The maximum absolute atomic E-state index is 11.9. The molecule has 7 heteroatoms. The number of urea groups is 1. The van der Waals surface area contributed by atoms with Crippen molar-refractivity contribution < 1.29 is 19.5 Å². The Bertz CT molecular complexity index is 406. The zero-order chi connectivity index (χ0) is 15.5. The van der Waals surface area contributed by atoms with Gasteiger partial charge in [-0.05, 0) is 19.8 Å². The van der Waals surface area contributed by atoms with Gasteiger partial charge >= 0.3 is 6.03 Å². The molecule has 1 unspecified atom stereocenters. The third-order valence-electron chi connectivity index (χ3n) is 3.28. The van der Waals surface area contributed by atoms with Gasteiger partial charge in [0.25, 0.3) is 5.91 Å². The minimum Gasteiger partial charge on any atom is -0.391 e. The van der Waals surface area contributed by atoms with Gasteiger partial charge in [0.2, 0.25) is 5.91 Å². The Hall–Kier alpha value is -1.63. The Labute approximate surface area is 118 Å². The van der Waals surface area contributed by atoms with Gasteiger partial charge in [-0.3, -0.25) is 14.5 Å². The number of carbonyl (C=O) groups is 3. The molecule has 0 aliphatic carbocycles. The number of hydrogen-bond donors (Lipinski definition) is 3. The van der Waals surface area contributed by atoms with Crippen LogP contribution < -0.4 is 10.6 Å². The van der Waals surface area contributed by atoms with Crippen molar-refractivity contribution in [1.82, 2.24) is 15.5 Å². The van der Waals surface area contributed by atoms with E-state index in [1.165, 1.54) is 0 Å². The highest BCUT2D eigenvalue weighted by molar-refractivity contribution is 6.06. The van der Waals surface area contributed by atoms with Crippen molar-refractivity contribution in [2.45, 2.75) is 45.8 Å². The van der Waals surface area contributed by atoms with E-state index in [1.807, 2.05) is 13.8 Å². The number of nitrogens with zero attached hydrogens (tertiary/aromatic N) is 1. The van der Waals surface area contributed by atoms with E-state index in [1.54, 1.807) is 13.8 Å². The molecule has 1 rings (SSSR count). The van der Waals surface area contributed by atoms with Gasteiger partial charge < -0.3 is 15.7 Å². The fourth-order valence-corrected chi connectivity index (χ4v) is 1.78. The first-order valence-corrected chi connectivity index (χ1v) is 6.74. The number of nitrogens with one attached hydrogen (secondary N) is 2. The Kier molecular flexibility index (Phi) is 5.10. The molecule has 0 saturated carbocycles. The Morgan fingerprint density at radius 1 is 1.40 bits per heavy atom. The molecule has 7 nitrogen and oxygen atoms in total. The summed E-state index contributed by atoms with van der Waals surface area (Å²) in [7, 11) is 0. The quantitative estimate of drug-likeness (QED) is 0.591. The molecule has 1 saturated heterocycles. The van der Waals surface area contributed by atoms with Crippen molar-refractivity contribution >= 4 is 17.8 Å². The lowest BCUT2D eigenvalue weighted by atomic mass is 10.1. The van der Waals surface area contributed by atoms with Crippen LogP contribution >= 0.6 is 0 Å². The van der Waals surface area contributed by atoms with Crippen LogP contribution in [0.2, 0.25) is 0 Å². The first-order chi connectivity index (χ1) is 9.15. The summed E-state index contributed by atoms with van der Waals surface area (Å²) in [5, 5.41) is 14.7. The first kappa shape index (κ1) is 16.4. The largest absolute Gasteiger partial charge is 0.391 e. The number of aliphatic hydroxyl groups is 1. The van der Waals surface area contributed by atoms with E-state index >= 15 is 0 Å².